The fourth-order valence-corrected chi connectivity index (χ4v) is 0.693. The van der Waals surface area contributed by atoms with Crippen LogP contribution >= 0.6 is 11.6 Å². The van der Waals surface area contributed by atoms with E-state index >= 15 is 0 Å². The molecule has 0 radical (unpaired) electrons. The molecule has 0 atom stereocenters. The molecule has 0 aliphatic heterocycles. The summed E-state index contributed by atoms with van der Waals surface area (Å²) in [6.45, 7) is -5.90. The zero-order chi connectivity index (χ0) is 15.2. The van der Waals surface area contributed by atoms with Crippen LogP contribution in [0.4, 0.5) is 0 Å². The topological polar surface area (TPSA) is 30.0 Å². The van der Waals surface area contributed by atoms with Crippen LogP contribution in [0, 0.1) is 6.85 Å². The van der Waals surface area contributed by atoms with Crippen LogP contribution in [0.1, 0.15) is 34.0 Å². The smallest absolute Gasteiger partial charge is 0.178 e. The van der Waals surface area contributed by atoms with Gasteiger partial charge in [-0.25, -0.2) is 4.98 Å². The highest BCUT2D eigenvalue weighted by molar-refractivity contribution is 6.30. The van der Waals surface area contributed by atoms with E-state index in [4.69, 9.17) is 22.6 Å². The fourth-order valence-electron chi connectivity index (χ4n) is 0.514. The summed E-state index contributed by atoms with van der Waals surface area (Å²) in [5.41, 5.74) is -1.67. The lowest BCUT2D eigenvalue weighted by Gasteiger charge is -1.97. The van der Waals surface area contributed by atoms with Crippen molar-refractivity contribution >= 4 is 17.4 Å². The largest absolute Gasteiger partial charge is 0.293 e. The average molecular weight is 178 g/mol. The van der Waals surface area contributed by atoms with E-state index in [0.29, 0.717) is 0 Å². The zero-order valence-electron chi connectivity index (χ0n) is 13.2. The van der Waals surface area contributed by atoms with Gasteiger partial charge in [-0.2, -0.15) is 0 Å². The van der Waals surface area contributed by atoms with Gasteiger partial charge in [0.15, 0.2) is 5.78 Å². The normalized spacial score (nSPS) is 22.6. The number of carbonyl (C=O) groups excluding carboxylic acids is 1. The molecule has 11 heavy (non-hydrogen) atoms. The van der Waals surface area contributed by atoms with Gasteiger partial charge in [-0.1, -0.05) is 11.6 Å². The van der Waals surface area contributed by atoms with Gasteiger partial charge in [0.2, 0.25) is 0 Å². The van der Waals surface area contributed by atoms with Crippen LogP contribution in [0.15, 0.2) is 12.1 Å². The number of hydrogen-bond acceptors (Lipinski definition) is 2. The van der Waals surface area contributed by atoms with Crippen LogP contribution < -0.4 is 0 Å². The van der Waals surface area contributed by atoms with Gasteiger partial charge in [-0.15, -0.1) is 0 Å². The van der Waals surface area contributed by atoms with Crippen molar-refractivity contribution in [2.75, 3.05) is 0 Å². The first-order chi connectivity index (χ1) is 8.37. The van der Waals surface area contributed by atoms with E-state index in [1.807, 2.05) is 0 Å². The molecule has 3 heteroatoms. The van der Waals surface area contributed by atoms with Crippen LogP contribution in [0.2, 0.25) is 5.02 Å². The van der Waals surface area contributed by atoms with E-state index in [2.05, 4.69) is 4.98 Å². The first-order valence-corrected chi connectivity index (χ1v) is 2.97. The van der Waals surface area contributed by atoms with Crippen LogP contribution in [-0.4, -0.2) is 10.8 Å². The van der Waals surface area contributed by atoms with E-state index in [0.717, 1.165) is 0 Å². The third kappa shape index (κ3) is 2.02. The summed E-state index contributed by atoms with van der Waals surface area (Å²) in [6, 6.07) is -1.48. The highest BCUT2D eigenvalue weighted by atomic mass is 35.5. The van der Waals surface area contributed by atoms with Crippen LogP contribution in [0.25, 0.3) is 0 Å². The number of halogens is 1. The Kier molecular flexibility index (Phi) is 0.700. The first kappa shape index (κ1) is 2.56. The maximum absolute atomic E-state index is 11.6. The van der Waals surface area contributed by atoms with Crippen LogP contribution in [-0.2, 0) is 0 Å². The Morgan fingerprint density at radius 3 is 3.27 bits per heavy atom. The van der Waals surface area contributed by atoms with Crippen molar-refractivity contribution < 1.29 is 15.8 Å². The number of hydrogen-bond donors (Lipinski definition) is 0. The summed E-state index contributed by atoms with van der Waals surface area (Å²) in [7, 11) is 0. The Morgan fingerprint density at radius 2 is 2.64 bits per heavy atom. The molecule has 0 amide bonds. The molecule has 2 nitrogen and oxygen atoms in total. The lowest BCUT2D eigenvalue weighted by molar-refractivity contribution is 0.101. The number of ketones is 1. The molecule has 0 aliphatic rings. The molecule has 0 spiro atoms. The van der Waals surface area contributed by atoms with E-state index in [1.54, 1.807) is 0 Å². The fraction of sp³-hybridized carbons (Fsp3) is 0.250. The SMILES string of the molecule is [2H]c1c(C(=O)C([2H])([2H])[2H])nc(C([2H])([2H])[2H])c([2H])c1Cl. The number of nitrogens with zero attached hydrogens (tertiary/aromatic N) is 1. The molecule has 0 bridgehead atoms. The maximum Gasteiger partial charge on any atom is 0.178 e. The maximum atomic E-state index is 11.6. The van der Waals surface area contributed by atoms with Crippen molar-refractivity contribution in [3.8, 4) is 0 Å². The number of aromatic nitrogens is 1. The molecule has 0 aliphatic carbocycles. The lowest BCUT2D eigenvalue weighted by atomic mass is 10.2. The minimum Gasteiger partial charge on any atom is -0.293 e. The molecule has 0 unspecified atom stereocenters. The van der Waals surface area contributed by atoms with Gasteiger partial charge >= 0.3 is 0 Å². The van der Waals surface area contributed by atoms with E-state index in [9.17, 15) is 4.79 Å². The van der Waals surface area contributed by atoms with Crippen LogP contribution in [0.3, 0.4) is 0 Å². The second-order valence-corrected chi connectivity index (χ2v) is 2.08. The molecule has 0 N–H and O–H groups in total. The van der Waals surface area contributed by atoms with Gasteiger partial charge < -0.3 is 0 Å². The molecule has 1 heterocycles. The monoisotopic (exact) mass is 177 g/mol. The summed E-state index contributed by atoms with van der Waals surface area (Å²) in [5.74, 6) is -1.48. The van der Waals surface area contributed by atoms with E-state index in [-0.39, 0.29) is 0 Å². The van der Waals surface area contributed by atoms with Crippen molar-refractivity contribution in [3.63, 3.8) is 0 Å². The van der Waals surface area contributed by atoms with E-state index < -0.39 is 48.0 Å². The second-order valence-electron chi connectivity index (χ2n) is 1.70. The van der Waals surface area contributed by atoms with Gasteiger partial charge in [0.05, 0.1) is 2.74 Å². The Labute approximate surface area is 81.5 Å². The summed E-state index contributed by atoms with van der Waals surface area (Å²) in [4.78, 5) is 14.9. The molecule has 58 valence electrons. The highest BCUT2D eigenvalue weighted by Crippen LogP contribution is 2.11. The second kappa shape index (κ2) is 3.01. The van der Waals surface area contributed by atoms with Crippen molar-refractivity contribution in [1.82, 2.24) is 4.98 Å². The van der Waals surface area contributed by atoms with Gasteiger partial charge in [-0.3, -0.25) is 4.79 Å². The Balaban J connectivity index is 3.61. The van der Waals surface area contributed by atoms with Gasteiger partial charge in [0.25, 0.3) is 0 Å². The molecular formula is C8H8ClNO. The highest BCUT2D eigenvalue weighted by Gasteiger charge is 2.02. The first-order valence-electron chi connectivity index (χ1n) is 6.59. The Bertz CT molecular complexity index is 535. The predicted octanol–water partition coefficient (Wildman–Crippen LogP) is 2.25. The predicted molar refractivity (Wildman–Crippen MR) is 44.0 cm³/mol. The summed E-state index contributed by atoms with van der Waals surface area (Å²) in [6.07, 6.45) is 0. The third-order valence-corrected chi connectivity index (χ3v) is 1.08. The van der Waals surface area contributed by atoms with Crippen LogP contribution in [0.5, 0.6) is 0 Å². The minimum atomic E-state index is -3.07. The average Bonchev–Trinajstić information content (AvgIpc) is 2.22. The molecule has 1 aromatic rings. The number of carbonyl (C=O) groups is 1. The number of aryl methyl sites for hydroxylation is 1. The van der Waals surface area contributed by atoms with Gasteiger partial charge in [0.1, 0.15) is 5.69 Å². The Morgan fingerprint density at radius 1 is 1.82 bits per heavy atom. The molecule has 0 saturated heterocycles. The Hall–Kier alpha value is -0.890. The van der Waals surface area contributed by atoms with Gasteiger partial charge in [0, 0.05) is 25.8 Å². The van der Waals surface area contributed by atoms with Crippen molar-refractivity contribution in [3.05, 3.63) is 28.5 Å². The van der Waals surface area contributed by atoms with Crippen molar-refractivity contribution in [1.29, 1.82) is 0 Å². The van der Waals surface area contributed by atoms with E-state index in [1.165, 1.54) is 0 Å². The molecule has 0 fully saturated rings. The van der Waals surface area contributed by atoms with Crippen molar-refractivity contribution in [2.24, 2.45) is 0 Å². The molecule has 1 rings (SSSR count). The quantitative estimate of drug-likeness (QED) is 0.616. The summed E-state index contributed by atoms with van der Waals surface area (Å²) < 4.78 is 57.3. The molecule has 0 aromatic carbocycles. The zero-order valence-corrected chi connectivity index (χ0v) is 5.99. The number of rotatable bonds is 1. The van der Waals surface area contributed by atoms with Gasteiger partial charge in [-0.05, 0) is 18.9 Å². The molecule has 1 aromatic heterocycles. The summed E-state index contributed by atoms with van der Waals surface area (Å²) >= 11 is 5.59. The van der Waals surface area contributed by atoms with Crippen molar-refractivity contribution in [2.45, 2.75) is 13.7 Å². The molecule has 0 saturated carbocycles. The number of Topliss-reactive ketones (excluding diaryl/α,β-unsaturated/α-hetero) is 1. The number of pyridine rings is 1. The lowest BCUT2D eigenvalue weighted by Crippen LogP contribution is -1.97. The third-order valence-electron chi connectivity index (χ3n) is 0.895. The standard InChI is InChI=1S/C8H8ClNO/c1-5-3-7(9)4-8(10-5)6(2)11/h3-4H,1-2H3/i1D3,2D3,3D,4D. The summed E-state index contributed by atoms with van der Waals surface area (Å²) in [5, 5.41) is -0.617. The molecular weight excluding hydrogens is 162 g/mol. The minimum absolute atomic E-state index is 0.617.